The Morgan fingerprint density at radius 3 is 2.90 bits per heavy atom. The average Bonchev–Trinajstić information content (AvgIpc) is 2.75. The third kappa shape index (κ3) is 2.96. The number of nitrogens with one attached hydrogen (secondary N) is 1. The number of imidazole rings is 1. The summed E-state index contributed by atoms with van der Waals surface area (Å²) in [6, 6.07) is 4.85. The van der Waals surface area contributed by atoms with Crippen LogP contribution in [0.25, 0.3) is 0 Å². The van der Waals surface area contributed by atoms with Crippen LogP contribution in [0.5, 0.6) is 0 Å². The number of hydrogen-bond acceptors (Lipinski definition) is 2. The van der Waals surface area contributed by atoms with Crippen molar-refractivity contribution in [3.05, 3.63) is 46.0 Å². The molecule has 0 saturated heterocycles. The fraction of sp³-hybridized carbons (Fsp3) is 0.143. The highest BCUT2D eigenvalue weighted by Crippen LogP contribution is 2.25. The summed E-state index contributed by atoms with van der Waals surface area (Å²) in [5, 5.41) is 3.58. The van der Waals surface area contributed by atoms with Gasteiger partial charge in [0.1, 0.15) is 11.5 Å². The van der Waals surface area contributed by atoms with Crippen molar-refractivity contribution in [3.63, 3.8) is 0 Å². The number of nitrogens with zero attached hydrogens (tertiary/aromatic N) is 2. The van der Waals surface area contributed by atoms with E-state index in [-0.39, 0.29) is 5.91 Å². The SMILES string of the molecule is C#CCc1ncc(C(=O)Nc2ccc(Cl)cc2Cl)n1C. The molecule has 1 N–H and O–H groups in total. The predicted octanol–water partition coefficient (Wildman–Crippen LogP) is 3.15. The molecular weight excluding hydrogens is 297 g/mol. The van der Waals surface area contributed by atoms with Gasteiger partial charge >= 0.3 is 0 Å². The van der Waals surface area contributed by atoms with Crippen molar-refractivity contribution in [1.82, 2.24) is 9.55 Å². The van der Waals surface area contributed by atoms with Crippen LogP contribution in [0.4, 0.5) is 5.69 Å². The fourth-order valence-electron chi connectivity index (χ4n) is 1.69. The molecule has 0 unspecified atom stereocenters. The minimum Gasteiger partial charge on any atom is -0.326 e. The van der Waals surface area contributed by atoms with E-state index in [1.54, 1.807) is 29.8 Å². The maximum Gasteiger partial charge on any atom is 0.273 e. The van der Waals surface area contributed by atoms with Gasteiger partial charge in [-0.05, 0) is 18.2 Å². The number of aromatic nitrogens is 2. The molecule has 2 rings (SSSR count). The Bertz CT molecular complexity index is 701. The van der Waals surface area contributed by atoms with Crippen LogP contribution in [-0.2, 0) is 13.5 Å². The largest absolute Gasteiger partial charge is 0.326 e. The Hall–Kier alpha value is -1.96. The molecule has 1 heterocycles. The maximum absolute atomic E-state index is 12.2. The normalized spacial score (nSPS) is 10.1. The number of rotatable bonds is 3. The van der Waals surface area contributed by atoms with E-state index in [1.807, 2.05) is 0 Å². The Morgan fingerprint density at radius 2 is 2.25 bits per heavy atom. The molecule has 0 aliphatic rings. The van der Waals surface area contributed by atoms with Gasteiger partial charge in [0.15, 0.2) is 0 Å². The lowest BCUT2D eigenvalue weighted by molar-refractivity contribution is 0.101. The summed E-state index contributed by atoms with van der Waals surface area (Å²) in [4.78, 5) is 16.3. The van der Waals surface area contributed by atoms with Gasteiger partial charge in [-0.15, -0.1) is 6.42 Å². The average molecular weight is 308 g/mol. The third-order valence-electron chi connectivity index (χ3n) is 2.76. The lowest BCUT2D eigenvalue weighted by Crippen LogP contribution is -2.16. The number of hydrogen-bond donors (Lipinski definition) is 1. The molecule has 0 aliphatic heterocycles. The van der Waals surface area contributed by atoms with Gasteiger partial charge in [-0.2, -0.15) is 0 Å². The van der Waals surface area contributed by atoms with Gasteiger partial charge in [0.25, 0.3) is 5.91 Å². The molecule has 4 nitrogen and oxygen atoms in total. The van der Waals surface area contributed by atoms with E-state index in [0.717, 1.165) is 0 Å². The van der Waals surface area contributed by atoms with E-state index in [4.69, 9.17) is 29.6 Å². The first kappa shape index (κ1) is 14.4. The third-order valence-corrected chi connectivity index (χ3v) is 3.30. The van der Waals surface area contributed by atoms with Crippen LogP contribution in [0.2, 0.25) is 10.0 Å². The molecule has 0 spiro atoms. The smallest absolute Gasteiger partial charge is 0.273 e. The monoisotopic (exact) mass is 307 g/mol. The molecule has 0 radical (unpaired) electrons. The lowest BCUT2D eigenvalue weighted by Gasteiger charge is -2.08. The van der Waals surface area contributed by atoms with Crippen LogP contribution in [0.1, 0.15) is 16.3 Å². The summed E-state index contributed by atoms with van der Waals surface area (Å²) in [5.41, 5.74) is 0.891. The molecule has 2 aromatic rings. The molecule has 0 bridgehead atoms. The molecule has 102 valence electrons. The standard InChI is InChI=1S/C14H11Cl2N3O/c1-3-4-13-17-8-12(19(13)2)14(20)18-11-6-5-9(15)7-10(11)16/h1,5-8H,4H2,2H3,(H,18,20). The number of benzene rings is 1. The highest BCUT2D eigenvalue weighted by Gasteiger charge is 2.14. The highest BCUT2D eigenvalue weighted by atomic mass is 35.5. The van der Waals surface area contributed by atoms with E-state index >= 15 is 0 Å². The second-order valence-electron chi connectivity index (χ2n) is 4.08. The van der Waals surface area contributed by atoms with Gasteiger partial charge in [0.2, 0.25) is 0 Å². The molecule has 6 heteroatoms. The van der Waals surface area contributed by atoms with Crippen LogP contribution < -0.4 is 5.32 Å². The van der Waals surface area contributed by atoms with Crippen molar-refractivity contribution >= 4 is 34.8 Å². The number of terminal acetylenes is 1. The number of carbonyl (C=O) groups excluding carboxylic acids is 1. The predicted molar refractivity (Wildman–Crippen MR) is 80.2 cm³/mol. The summed E-state index contributed by atoms with van der Waals surface area (Å²) in [5.74, 6) is 2.83. The molecule has 0 atom stereocenters. The number of halogens is 2. The Morgan fingerprint density at radius 1 is 1.50 bits per heavy atom. The van der Waals surface area contributed by atoms with E-state index < -0.39 is 0 Å². The second kappa shape index (κ2) is 6.00. The number of anilines is 1. The second-order valence-corrected chi connectivity index (χ2v) is 4.92. The van der Waals surface area contributed by atoms with Crippen molar-refractivity contribution in [3.8, 4) is 12.3 Å². The summed E-state index contributed by atoms with van der Waals surface area (Å²) in [7, 11) is 1.73. The van der Waals surface area contributed by atoms with Gasteiger partial charge < -0.3 is 9.88 Å². The quantitative estimate of drug-likeness (QED) is 0.885. The van der Waals surface area contributed by atoms with Gasteiger partial charge in [0, 0.05) is 12.1 Å². The maximum atomic E-state index is 12.2. The van der Waals surface area contributed by atoms with Crippen LogP contribution in [0, 0.1) is 12.3 Å². The minimum absolute atomic E-state index is 0.313. The first-order valence-electron chi connectivity index (χ1n) is 5.73. The number of carbonyl (C=O) groups is 1. The van der Waals surface area contributed by atoms with Crippen molar-refractivity contribution in [1.29, 1.82) is 0 Å². The molecule has 0 aliphatic carbocycles. The Labute approximate surface area is 126 Å². The summed E-state index contributed by atoms with van der Waals surface area (Å²) in [6.07, 6.45) is 7.08. The van der Waals surface area contributed by atoms with Gasteiger partial charge in [0.05, 0.1) is 23.3 Å². The summed E-state index contributed by atoms with van der Waals surface area (Å²) in [6.45, 7) is 0. The van der Waals surface area contributed by atoms with E-state index in [1.165, 1.54) is 6.20 Å². The minimum atomic E-state index is -0.313. The molecule has 1 aromatic carbocycles. The van der Waals surface area contributed by atoms with Crippen LogP contribution >= 0.6 is 23.2 Å². The zero-order valence-corrected chi connectivity index (χ0v) is 12.2. The van der Waals surface area contributed by atoms with Crippen LogP contribution in [0.3, 0.4) is 0 Å². The highest BCUT2D eigenvalue weighted by molar-refractivity contribution is 6.36. The summed E-state index contributed by atoms with van der Waals surface area (Å²) >= 11 is 11.8. The molecule has 0 saturated carbocycles. The number of amides is 1. The van der Waals surface area contributed by atoms with Crippen LogP contribution in [-0.4, -0.2) is 15.5 Å². The molecule has 20 heavy (non-hydrogen) atoms. The molecular formula is C14H11Cl2N3O. The first-order valence-corrected chi connectivity index (χ1v) is 6.49. The zero-order valence-electron chi connectivity index (χ0n) is 10.7. The Kier molecular flexibility index (Phi) is 4.33. The lowest BCUT2D eigenvalue weighted by atomic mass is 10.3. The van der Waals surface area contributed by atoms with Gasteiger partial charge in [-0.25, -0.2) is 4.98 Å². The van der Waals surface area contributed by atoms with Gasteiger partial charge in [-0.1, -0.05) is 29.1 Å². The molecule has 1 amide bonds. The summed E-state index contributed by atoms with van der Waals surface area (Å²) < 4.78 is 1.65. The van der Waals surface area contributed by atoms with E-state index in [2.05, 4.69) is 16.2 Å². The van der Waals surface area contributed by atoms with Crippen molar-refractivity contribution < 1.29 is 4.79 Å². The van der Waals surface area contributed by atoms with Crippen molar-refractivity contribution in [2.75, 3.05) is 5.32 Å². The molecule has 0 fully saturated rings. The van der Waals surface area contributed by atoms with Crippen molar-refractivity contribution in [2.45, 2.75) is 6.42 Å². The van der Waals surface area contributed by atoms with E-state index in [9.17, 15) is 4.79 Å². The van der Waals surface area contributed by atoms with Crippen LogP contribution in [0.15, 0.2) is 24.4 Å². The topological polar surface area (TPSA) is 46.9 Å². The fourth-order valence-corrected chi connectivity index (χ4v) is 2.15. The Balaban J connectivity index is 2.22. The van der Waals surface area contributed by atoms with E-state index in [0.29, 0.717) is 33.7 Å². The molecule has 1 aromatic heterocycles. The first-order chi connectivity index (χ1) is 9.52. The zero-order chi connectivity index (χ0) is 14.7. The van der Waals surface area contributed by atoms with Crippen molar-refractivity contribution in [2.24, 2.45) is 7.05 Å². The van der Waals surface area contributed by atoms with Gasteiger partial charge in [-0.3, -0.25) is 4.79 Å².